The molecule has 4 rings (SSSR count). The lowest BCUT2D eigenvalue weighted by Gasteiger charge is -2.36. The van der Waals surface area contributed by atoms with E-state index in [-0.39, 0.29) is 11.7 Å². The molecular formula is C22H22FN3O. The van der Waals surface area contributed by atoms with Crippen LogP contribution in [-0.4, -0.2) is 10.9 Å². The Morgan fingerprint density at radius 1 is 1.00 bits per heavy atom. The maximum absolute atomic E-state index is 13.8. The van der Waals surface area contributed by atoms with E-state index < -0.39 is 5.41 Å². The van der Waals surface area contributed by atoms with Gasteiger partial charge in [0.15, 0.2) is 0 Å². The molecule has 0 spiro atoms. The van der Waals surface area contributed by atoms with Crippen LogP contribution < -0.4 is 10.9 Å². The van der Waals surface area contributed by atoms with Crippen molar-refractivity contribution in [1.29, 1.82) is 0 Å². The molecule has 0 atom stereocenters. The van der Waals surface area contributed by atoms with Gasteiger partial charge < -0.3 is 0 Å². The van der Waals surface area contributed by atoms with E-state index in [4.69, 9.17) is 0 Å². The highest BCUT2D eigenvalue weighted by Gasteiger charge is 2.41. The third-order valence-electron chi connectivity index (χ3n) is 5.48. The average Bonchev–Trinajstić information content (AvgIpc) is 2.72. The van der Waals surface area contributed by atoms with E-state index in [0.717, 1.165) is 54.3 Å². The van der Waals surface area contributed by atoms with Crippen molar-refractivity contribution in [3.05, 3.63) is 72.2 Å². The standard InChI is InChI=1S/C22H22FN3O/c23-17-8-4-7-16(15-17)22(12-2-1-3-13-22)21(27)26-25-20-11-5-10-19-18(20)9-6-14-24-19/h4-11,14-15,25H,1-3,12-13H2,(H,26,27). The Hall–Kier alpha value is -2.95. The predicted molar refractivity (Wildman–Crippen MR) is 105 cm³/mol. The lowest BCUT2D eigenvalue weighted by atomic mass is 9.69. The number of rotatable bonds is 4. The van der Waals surface area contributed by atoms with Crippen LogP contribution in [0, 0.1) is 5.82 Å². The Morgan fingerprint density at radius 3 is 2.63 bits per heavy atom. The van der Waals surface area contributed by atoms with E-state index in [1.165, 1.54) is 12.1 Å². The van der Waals surface area contributed by atoms with E-state index in [0.29, 0.717) is 0 Å². The van der Waals surface area contributed by atoms with Crippen molar-refractivity contribution in [1.82, 2.24) is 10.4 Å². The summed E-state index contributed by atoms with van der Waals surface area (Å²) in [4.78, 5) is 17.6. The summed E-state index contributed by atoms with van der Waals surface area (Å²) in [5.41, 5.74) is 7.64. The predicted octanol–water partition coefficient (Wildman–Crippen LogP) is 4.72. The van der Waals surface area contributed by atoms with E-state index in [9.17, 15) is 9.18 Å². The van der Waals surface area contributed by atoms with E-state index >= 15 is 0 Å². The van der Waals surface area contributed by atoms with Gasteiger partial charge in [0.1, 0.15) is 5.82 Å². The first-order valence-corrected chi connectivity index (χ1v) is 9.35. The highest BCUT2D eigenvalue weighted by atomic mass is 19.1. The van der Waals surface area contributed by atoms with Gasteiger partial charge >= 0.3 is 0 Å². The van der Waals surface area contributed by atoms with E-state index in [2.05, 4.69) is 15.8 Å². The Kier molecular flexibility index (Phi) is 4.75. The molecule has 3 aromatic rings. The summed E-state index contributed by atoms with van der Waals surface area (Å²) in [6, 6.07) is 16.0. The maximum atomic E-state index is 13.8. The second-order valence-corrected chi connectivity index (χ2v) is 7.11. The first kappa shape index (κ1) is 17.5. The number of hydrazine groups is 1. The van der Waals surface area contributed by atoms with Crippen LogP contribution in [0.25, 0.3) is 10.9 Å². The van der Waals surface area contributed by atoms with Gasteiger partial charge in [-0.3, -0.25) is 20.6 Å². The number of halogens is 1. The van der Waals surface area contributed by atoms with Crippen molar-refractivity contribution in [2.24, 2.45) is 0 Å². The van der Waals surface area contributed by atoms with Gasteiger partial charge in [0.05, 0.1) is 16.6 Å². The molecule has 27 heavy (non-hydrogen) atoms. The Bertz CT molecular complexity index is 961. The van der Waals surface area contributed by atoms with E-state index in [1.807, 2.05) is 36.4 Å². The number of amides is 1. The molecule has 0 saturated heterocycles. The summed E-state index contributed by atoms with van der Waals surface area (Å²) in [6.45, 7) is 0. The zero-order valence-corrected chi connectivity index (χ0v) is 15.0. The number of anilines is 1. The smallest absolute Gasteiger partial charge is 0.248 e. The van der Waals surface area contributed by atoms with Gasteiger partial charge in [-0.25, -0.2) is 4.39 Å². The molecule has 1 fully saturated rings. The molecule has 5 heteroatoms. The number of nitrogens with one attached hydrogen (secondary N) is 2. The summed E-state index contributed by atoms with van der Waals surface area (Å²) in [6.07, 6.45) is 6.21. The van der Waals surface area contributed by atoms with Gasteiger partial charge in [-0.05, 0) is 54.8 Å². The molecular weight excluding hydrogens is 341 g/mol. The Labute approximate surface area is 157 Å². The molecule has 1 aliphatic rings. The largest absolute Gasteiger partial charge is 0.298 e. The van der Waals surface area contributed by atoms with Gasteiger partial charge in [-0.15, -0.1) is 0 Å². The number of benzene rings is 2. The minimum atomic E-state index is -0.698. The first-order chi connectivity index (χ1) is 13.2. The molecule has 2 aromatic carbocycles. The number of aromatic nitrogens is 1. The molecule has 1 heterocycles. The van der Waals surface area contributed by atoms with Gasteiger partial charge in [0.25, 0.3) is 0 Å². The highest BCUT2D eigenvalue weighted by molar-refractivity contribution is 5.94. The number of hydrogen-bond acceptors (Lipinski definition) is 3. The summed E-state index contributed by atoms with van der Waals surface area (Å²) in [5, 5.41) is 0.934. The Balaban J connectivity index is 1.61. The Morgan fingerprint density at radius 2 is 1.81 bits per heavy atom. The van der Waals surface area contributed by atoms with Crippen LogP contribution in [0.15, 0.2) is 60.8 Å². The minimum Gasteiger partial charge on any atom is -0.298 e. The second-order valence-electron chi connectivity index (χ2n) is 7.11. The molecule has 1 amide bonds. The maximum Gasteiger partial charge on any atom is 0.248 e. The molecule has 138 valence electrons. The fourth-order valence-electron chi connectivity index (χ4n) is 4.04. The molecule has 2 N–H and O–H groups in total. The number of carbonyl (C=O) groups is 1. The van der Waals surface area contributed by atoms with Crippen molar-refractivity contribution >= 4 is 22.5 Å². The number of pyridine rings is 1. The van der Waals surface area contributed by atoms with Crippen molar-refractivity contribution in [3.63, 3.8) is 0 Å². The molecule has 1 saturated carbocycles. The molecule has 1 aromatic heterocycles. The molecule has 0 aliphatic heterocycles. The monoisotopic (exact) mass is 363 g/mol. The van der Waals surface area contributed by atoms with Gasteiger partial charge in [-0.2, -0.15) is 0 Å². The van der Waals surface area contributed by atoms with Crippen LogP contribution in [-0.2, 0) is 10.2 Å². The quantitative estimate of drug-likeness (QED) is 0.660. The number of carbonyl (C=O) groups excluding carboxylic acids is 1. The van der Waals surface area contributed by atoms with Crippen LogP contribution in [0.5, 0.6) is 0 Å². The van der Waals surface area contributed by atoms with Crippen LogP contribution in [0.1, 0.15) is 37.7 Å². The van der Waals surface area contributed by atoms with Gasteiger partial charge in [0, 0.05) is 11.6 Å². The van der Waals surface area contributed by atoms with Crippen molar-refractivity contribution in [2.75, 3.05) is 5.43 Å². The topological polar surface area (TPSA) is 54.0 Å². The third-order valence-corrected chi connectivity index (χ3v) is 5.48. The SMILES string of the molecule is O=C(NNc1cccc2ncccc12)C1(c2cccc(F)c2)CCCCC1. The van der Waals surface area contributed by atoms with Crippen molar-refractivity contribution < 1.29 is 9.18 Å². The average molecular weight is 363 g/mol. The highest BCUT2D eigenvalue weighted by Crippen LogP contribution is 2.40. The minimum absolute atomic E-state index is 0.117. The van der Waals surface area contributed by atoms with Crippen molar-refractivity contribution in [3.8, 4) is 0 Å². The summed E-state index contributed by atoms with van der Waals surface area (Å²) in [7, 11) is 0. The van der Waals surface area contributed by atoms with Gasteiger partial charge in [0.2, 0.25) is 5.91 Å². The molecule has 4 nitrogen and oxygen atoms in total. The van der Waals surface area contributed by atoms with Gasteiger partial charge in [-0.1, -0.05) is 37.5 Å². The molecule has 0 bridgehead atoms. The number of nitrogens with zero attached hydrogens (tertiary/aromatic N) is 1. The van der Waals surface area contributed by atoms with Crippen molar-refractivity contribution in [2.45, 2.75) is 37.5 Å². The normalized spacial score (nSPS) is 16.0. The van der Waals surface area contributed by atoms with Crippen LogP contribution in [0.4, 0.5) is 10.1 Å². The van der Waals surface area contributed by atoms with E-state index in [1.54, 1.807) is 12.3 Å². The summed E-state index contributed by atoms with van der Waals surface area (Å²) < 4.78 is 13.8. The summed E-state index contributed by atoms with van der Waals surface area (Å²) >= 11 is 0. The lowest BCUT2D eigenvalue weighted by Crippen LogP contribution is -2.47. The second kappa shape index (κ2) is 7.35. The zero-order chi connectivity index (χ0) is 18.7. The van der Waals surface area contributed by atoms with Crippen LogP contribution in [0.3, 0.4) is 0 Å². The molecule has 0 unspecified atom stereocenters. The number of fused-ring (bicyclic) bond motifs is 1. The van der Waals surface area contributed by atoms with Crippen LogP contribution in [0.2, 0.25) is 0 Å². The first-order valence-electron chi connectivity index (χ1n) is 9.35. The molecule has 1 aliphatic carbocycles. The lowest BCUT2D eigenvalue weighted by molar-refractivity contribution is -0.127. The molecule has 0 radical (unpaired) electrons. The zero-order valence-electron chi connectivity index (χ0n) is 15.0. The summed E-state index contributed by atoms with van der Waals surface area (Å²) in [5.74, 6) is -0.424. The third kappa shape index (κ3) is 3.37. The fourth-order valence-corrected chi connectivity index (χ4v) is 4.04. The number of hydrogen-bond donors (Lipinski definition) is 2. The van der Waals surface area contributed by atoms with Crippen LogP contribution >= 0.6 is 0 Å². The fraction of sp³-hybridized carbons (Fsp3) is 0.273.